The van der Waals surface area contributed by atoms with E-state index in [1.54, 1.807) is 38.5 Å². The maximum atomic E-state index is 12.6. The molecule has 0 unspecified atom stereocenters. The molecule has 1 N–H and O–H groups in total. The van der Waals surface area contributed by atoms with Gasteiger partial charge in [0.05, 0.1) is 25.9 Å². The molecule has 2 rings (SSSR count). The summed E-state index contributed by atoms with van der Waals surface area (Å²) in [5.74, 6) is 1.11. The van der Waals surface area contributed by atoms with Gasteiger partial charge >= 0.3 is 0 Å². The summed E-state index contributed by atoms with van der Waals surface area (Å²) in [6, 6.07) is 10.1. The number of anilines is 1. The summed E-state index contributed by atoms with van der Waals surface area (Å²) in [6.07, 6.45) is 0. The van der Waals surface area contributed by atoms with Crippen molar-refractivity contribution in [1.29, 1.82) is 0 Å². The molecule has 0 radical (unpaired) electrons. The van der Waals surface area contributed by atoms with Gasteiger partial charge in [-0.15, -0.1) is 0 Å². The number of nitrogens with one attached hydrogen (secondary N) is 1. The Kier molecular flexibility index (Phi) is 7.14. The molecular formula is C19H22Cl2N2O3. The van der Waals surface area contributed by atoms with E-state index in [-0.39, 0.29) is 5.91 Å². The van der Waals surface area contributed by atoms with E-state index in [1.165, 1.54) is 0 Å². The van der Waals surface area contributed by atoms with Crippen molar-refractivity contribution in [2.75, 3.05) is 26.6 Å². The standard InChI is InChI=1S/C19H22Cl2N2O3/c1-12(19(24)22-16-10-15(21)6-8-18(16)26-4)23(2)11-13-9-14(20)5-7-17(13)25-3/h5-10,12H,11H2,1-4H3,(H,22,24)/t12-/m1/s1. The lowest BCUT2D eigenvalue weighted by Gasteiger charge is -2.25. The Morgan fingerprint density at radius 3 is 2.27 bits per heavy atom. The number of hydrogen-bond acceptors (Lipinski definition) is 4. The number of methoxy groups -OCH3 is 2. The lowest BCUT2D eigenvalue weighted by molar-refractivity contribution is -0.120. The highest BCUT2D eigenvalue weighted by Crippen LogP contribution is 2.28. The molecule has 0 saturated carbocycles. The number of halogens is 2. The predicted molar refractivity (Wildman–Crippen MR) is 106 cm³/mol. The first-order valence-electron chi connectivity index (χ1n) is 8.02. The molecular weight excluding hydrogens is 375 g/mol. The third kappa shape index (κ3) is 5.04. The Balaban J connectivity index is 2.11. The summed E-state index contributed by atoms with van der Waals surface area (Å²) < 4.78 is 10.6. The van der Waals surface area contributed by atoms with Crippen molar-refractivity contribution in [3.63, 3.8) is 0 Å². The van der Waals surface area contributed by atoms with Crippen molar-refractivity contribution >= 4 is 34.8 Å². The molecule has 0 bridgehead atoms. The van der Waals surface area contributed by atoms with Gasteiger partial charge < -0.3 is 14.8 Å². The summed E-state index contributed by atoms with van der Waals surface area (Å²) >= 11 is 12.1. The second kappa shape index (κ2) is 9.12. The second-order valence-electron chi connectivity index (χ2n) is 5.88. The largest absolute Gasteiger partial charge is 0.496 e. The average molecular weight is 397 g/mol. The van der Waals surface area contributed by atoms with Crippen LogP contribution < -0.4 is 14.8 Å². The second-order valence-corrected chi connectivity index (χ2v) is 6.75. The number of hydrogen-bond donors (Lipinski definition) is 1. The van der Waals surface area contributed by atoms with E-state index in [9.17, 15) is 4.79 Å². The Labute approximate surface area is 163 Å². The van der Waals surface area contributed by atoms with Crippen LogP contribution in [-0.2, 0) is 11.3 Å². The average Bonchev–Trinajstić information content (AvgIpc) is 2.61. The molecule has 1 amide bonds. The molecule has 140 valence electrons. The molecule has 0 fully saturated rings. The number of amides is 1. The van der Waals surface area contributed by atoms with Gasteiger partial charge in [-0.25, -0.2) is 0 Å². The molecule has 0 aliphatic rings. The maximum absolute atomic E-state index is 12.6. The third-order valence-electron chi connectivity index (χ3n) is 4.12. The van der Waals surface area contributed by atoms with E-state index in [0.29, 0.717) is 28.0 Å². The van der Waals surface area contributed by atoms with Gasteiger partial charge in [0, 0.05) is 22.2 Å². The van der Waals surface area contributed by atoms with Gasteiger partial charge in [-0.05, 0) is 50.4 Å². The minimum absolute atomic E-state index is 0.172. The molecule has 0 aromatic heterocycles. The Bertz CT molecular complexity index is 783. The van der Waals surface area contributed by atoms with Crippen LogP contribution in [0.4, 0.5) is 5.69 Å². The summed E-state index contributed by atoms with van der Waals surface area (Å²) in [5.41, 5.74) is 1.44. The number of rotatable bonds is 7. The van der Waals surface area contributed by atoms with Gasteiger partial charge in [0.15, 0.2) is 0 Å². The van der Waals surface area contributed by atoms with E-state index in [1.807, 2.05) is 31.0 Å². The van der Waals surface area contributed by atoms with Crippen molar-refractivity contribution in [2.45, 2.75) is 19.5 Å². The number of benzene rings is 2. The Hall–Kier alpha value is -1.95. The van der Waals surface area contributed by atoms with Gasteiger partial charge in [-0.3, -0.25) is 9.69 Å². The molecule has 0 aliphatic heterocycles. The molecule has 0 saturated heterocycles. The minimum atomic E-state index is -0.401. The van der Waals surface area contributed by atoms with Crippen LogP contribution in [0.1, 0.15) is 12.5 Å². The van der Waals surface area contributed by atoms with E-state index in [0.717, 1.165) is 11.3 Å². The van der Waals surface area contributed by atoms with E-state index in [2.05, 4.69) is 5.32 Å². The van der Waals surface area contributed by atoms with Gasteiger partial charge in [0.25, 0.3) is 0 Å². The first-order chi connectivity index (χ1) is 12.3. The Morgan fingerprint density at radius 1 is 1.08 bits per heavy atom. The van der Waals surface area contributed by atoms with Crippen molar-refractivity contribution in [1.82, 2.24) is 4.90 Å². The maximum Gasteiger partial charge on any atom is 0.241 e. The van der Waals surface area contributed by atoms with Crippen molar-refractivity contribution in [2.24, 2.45) is 0 Å². The van der Waals surface area contributed by atoms with E-state index >= 15 is 0 Å². The first kappa shape index (κ1) is 20.4. The van der Waals surface area contributed by atoms with Gasteiger partial charge in [-0.1, -0.05) is 23.2 Å². The van der Waals surface area contributed by atoms with Crippen LogP contribution in [0, 0.1) is 0 Å². The van der Waals surface area contributed by atoms with Crippen molar-refractivity contribution < 1.29 is 14.3 Å². The zero-order valence-electron chi connectivity index (χ0n) is 15.2. The fourth-order valence-electron chi connectivity index (χ4n) is 2.49. The molecule has 1 atom stereocenters. The van der Waals surface area contributed by atoms with Crippen molar-refractivity contribution in [3.05, 3.63) is 52.0 Å². The highest BCUT2D eigenvalue weighted by molar-refractivity contribution is 6.31. The molecule has 26 heavy (non-hydrogen) atoms. The molecule has 7 heteroatoms. The summed E-state index contributed by atoms with van der Waals surface area (Å²) in [6.45, 7) is 2.33. The summed E-state index contributed by atoms with van der Waals surface area (Å²) in [5, 5.41) is 4.00. The van der Waals surface area contributed by atoms with Gasteiger partial charge in [0.2, 0.25) is 5.91 Å². The molecule has 2 aromatic rings. The minimum Gasteiger partial charge on any atom is -0.496 e. The van der Waals surface area contributed by atoms with Gasteiger partial charge in [0.1, 0.15) is 11.5 Å². The quantitative estimate of drug-likeness (QED) is 0.749. The molecule has 0 spiro atoms. The lowest BCUT2D eigenvalue weighted by atomic mass is 10.1. The van der Waals surface area contributed by atoms with Crippen LogP contribution in [0.5, 0.6) is 11.5 Å². The Morgan fingerprint density at radius 2 is 1.65 bits per heavy atom. The third-order valence-corrected chi connectivity index (χ3v) is 4.59. The number of carbonyl (C=O) groups excluding carboxylic acids is 1. The van der Waals surface area contributed by atoms with Crippen molar-refractivity contribution in [3.8, 4) is 11.5 Å². The lowest BCUT2D eigenvalue weighted by Crippen LogP contribution is -2.39. The first-order valence-corrected chi connectivity index (χ1v) is 8.78. The van der Waals surface area contributed by atoms with E-state index < -0.39 is 6.04 Å². The molecule has 0 heterocycles. The number of ether oxygens (including phenoxy) is 2. The number of nitrogens with zero attached hydrogens (tertiary/aromatic N) is 1. The van der Waals surface area contributed by atoms with Crippen LogP contribution >= 0.6 is 23.2 Å². The highest BCUT2D eigenvalue weighted by atomic mass is 35.5. The smallest absolute Gasteiger partial charge is 0.241 e. The predicted octanol–water partition coefficient (Wildman–Crippen LogP) is 4.47. The van der Waals surface area contributed by atoms with Crippen LogP contribution in [0.15, 0.2) is 36.4 Å². The fraction of sp³-hybridized carbons (Fsp3) is 0.316. The zero-order valence-corrected chi connectivity index (χ0v) is 16.7. The fourth-order valence-corrected chi connectivity index (χ4v) is 2.86. The zero-order chi connectivity index (χ0) is 19.3. The number of carbonyl (C=O) groups is 1. The molecule has 5 nitrogen and oxygen atoms in total. The summed E-state index contributed by atoms with van der Waals surface area (Å²) in [7, 11) is 5.01. The highest BCUT2D eigenvalue weighted by Gasteiger charge is 2.21. The SMILES string of the molecule is COc1ccc(Cl)cc1CN(C)[C@H](C)C(=O)Nc1cc(Cl)ccc1OC. The molecule has 0 aliphatic carbocycles. The van der Waals surface area contributed by atoms with Gasteiger partial charge in [-0.2, -0.15) is 0 Å². The number of likely N-dealkylation sites (N-methyl/N-ethyl adjacent to an activating group) is 1. The van der Waals surface area contributed by atoms with E-state index in [4.69, 9.17) is 32.7 Å². The molecule has 2 aromatic carbocycles. The topological polar surface area (TPSA) is 50.8 Å². The van der Waals surface area contributed by atoms with Crippen LogP contribution in [0.3, 0.4) is 0 Å². The van der Waals surface area contributed by atoms with Crippen LogP contribution in [0.25, 0.3) is 0 Å². The van der Waals surface area contributed by atoms with Crippen LogP contribution in [0.2, 0.25) is 10.0 Å². The summed E-state index contributed by atoms with van der Waals surface area (Å²) in [4.78, 5) is 14.5. The monoisotopic (exact) mass is 396 g/mol. The van der Waals surface area contributed by atoms with Crippen LogP contribution in [-0.4, -0.2) is 38.1 Å². The normalized spacial score (nSPS) is 12.0.